The maximum absolute atomic E-state index is 12.0. The standard InChI is InChI=1S/C9H18N4O3S2/c1-9(14,5-17-3)4-12-18(15,16)8-7(10)11-6-13(8)2/h6,12,14H,4-5,10H2,1-3H3. The van der Waals surface area contributed by atoms with Gasteiger partial charge in [-0.2, -0.15) is 11.8 Å². The number of aryl methyl sites for hydroxylation is 1. The molecule has 1 heterocycles. The Kier molecular flexibility index (Phi) is 4.65. The fourth-order valence-electron chi connectivity index (χ4n) is 1.45. The van der Waals surface area contributed by atoms with Crippen LogP contribution in [-0.4, -0.2) is 47.2 Å². The summed E-state index contributed by atoms with van der Waals surface area (Å²) in [5.41, 5.74) is 4.40. The zero-order valence-electron chi connectivity index (χ0n) is 10.5. The minimum absolute atomic E-state index is 0.0606. The first-order chi connectivity index (χ1) is 8.19. The number of hydrogen-bond donors (Lipinski definition) is 3. The number of nitrogens with one attached hydrogen (secondary N) is 1. The summed E-state index contributed by atoms with van der Waals surface area (Å²) in [6.45, 7) is 1.49. The molecule has 0 radical (unpaired) electrons. The Morgan fingerprint density at radius 3 is 2.72 bits per heavy atom. The number of nitrogen functional groups attached to an aromatic ring is 1. The average molecular weight is 294 g/mol. The van der Waals surface area contributed by atoms with Crippen LogP contribution in [0.4, 0.5) is 5.82 Å². The Bertz CT molecular complexity index is 490. The lowest BCUT2D eigenvalue weighted by atomic mass is 10.1. The normalized spacial score (nSPS) is 15.6. The molecule has 0 saturated heterocycles. The van der Waals surface area contributed by atoms with Gasteiger partial charge in [0.2, 0.25) is 0 Å². The maximum atomic E-state index is 12.0. The highest BCUT2D eigenvalue weighted by Gasteiger charge is 2.27. The minimum Gasteiger partial charge on any atom is -0.388 e. The highest BCUT2D eigenvalue weighted by atomic mass is 32.2. The van der Waals surface area contributed by atoms with Crippen molar-refractivity contribution in [3.63, 3.8) is 0 Å². The molecule has 0 spiro atoms. The van der Waals surface area contributed by atoms with E-state index in [1.807, 2.05) is 6.26 Å². The van der Waals surface area contributed by atoms with Gasteiger partial charge < -0.3 is 15.4 Å². The number of imidazole rings is 1. The van der Waals surface area contributed by atoms with Crippen LogP contribution >= 0.6 is 11.8 Å². The molecule has 0 fully saturated rings. The van der Waals surface area contributed by atoms with Crippen LogP contribution in [0.25, 0.3) is 0 Å². The number of nitrogens with zero attached hydrogens (tertiary/aromatic N) is 2. The van der Waals surface area contributed by atoms with Gasteiger partial charge in [0.1, 0.15) is 0 Å². The van der Waals surface area contributed by atoms with E-state index in [1.165, 1.54) is 29.7 Å². The predicted octanol–water partition coefficient (Wildman–Crippen LogP) is -0.605. The van der Waals surface area contributed by atoms with Gasteiger partial charge >= 0.3 is 0 Å². The third-order valence-electron chi connectivity index (χ3n) is 2.26. The molecule has 0 aliphatic heterocycles. The molecule has 9 heteroatoms. The van der Waals surface area contributed by atoms with E-state index in [0.29, 0.717) is 5.75 Å². The van der Waals surface area contributed by atoms with Gasteiger partial charge in [0.25, 0.3) is 10.0 Å². The van der Waals surface area contributed by atoms with Crippen LogP contribution in [0.1, 0.15) is 6.92 Å². The van der Waals surface area contributed by atoms with Crippen molar-refractivity contribution in [2.75, 3.05) is 24.3 Å². The number of thioether (sulfide) groups is 1. The van der Waals surface area contributed by atoms with Gasteiger partial charge in [0, 0.05) is 19.3 Å². The summed E-state index contributed by atoms with van der Waals surface area (Å²) in [5, 5.41) is 9.82. The van der Waals surface area contributed by atoms with E-state index >= 15 is 0 Å². The molecule has 0 bridgehead atoms. The fraction of sp³-hybridized carbons (Fsp3) is 0.667. The average Bonchev–Trinajstić information content (AvgIpc) is 2.56. The number of anilines is 1. The van der Waals surface area contributed by atoms with E-state index in [-0.39, 0.29) is 17.4 Å². The molecule has 1 unspecified atom stereocenters. The van der Waals surface area contributed by atoms with Crippen molar-refractivity contribution in [1.29, 1.82) is 0 Å². The van der Waals surface area contributed by atoms with Crippen molar-refractivity contribution in [2.45, 2.75) is 17.6 Å². The Hall–Kier alpha value is -0.770. The number of aliphatic hydroxyl groups is 1. The lowest BCUT2D eigenvalue weighted by molar-refractivity contribution is 0.0908. The number of nitrogens with two attached hydrogens (primary N) is 1. The number of sulfonamides is 1. The van der Waals surface area contributed by atoms with Gasteiger partial charge in [-0.05, 0) is 13.2 Å². The first kappa shape index (κ1) is 15.3. The monoisotopic (exact) mass is 294 g/mol. The Balaban J connectivity index is 2.84. The van der Waals surface area contributed by atoms with Crippen molar-refractivity contribution < 1.29 is 13.5 Å². The smallest absolute Gasteiger partial charge is 0.260 e. The number of rotatable bonds is 6. The van der Waals surface area contributed by atoms with Gasteiger partial charge in [-0.25, -0.2) is 18.1 Å². The van der Waals surface area contributed by atoms with Crippen LogP contribution in [0, 0.1) is 0 Å². The number of hydrogen-bond acceptors (Lipinski definition) is 6. The second-order valence-electron chi connectivity index (χ2n) is 4.30. The van der Waals surface area contributed by atoms with Gasteiger partial charge in [-0.1, -0.05) is 0 Å². The van der Waals surface area contributed by atoms with Crippen molar-refractivity contribution in [1.82, 2.24) is 14.3 Å². The first-order valence-electron chi connectivity index (χ1n) is 5.17. The zero-order chi connectivity index (χ0) is 14.0. The summed E-state index contributed by atoms with van der Waals surface area (Å²) in [7, 11) is -2.23. The molecule has 18 heavy (non-hydrogen) atoms. The molecule has 1 atom stereocenters. The zero-order valence-corrected chi connectivity index (χ0v) is 12.2. The van der Waals surface area contributed by atoms with E-state index in [1.54, 1.807) is 6.92 Å². The molecular weight excluding hydrogens is 276 g/mol. The summed E-state index contributed by atoms with van der Waals surface area (Å²) in [4.78, 5) is 3.72. The van der Waals surface area contributed by atoms with Crippen molar-refractivity contribution in [3.8, 4) is 0 Å². The fourth-order valence-corrected chi connectivity index (χ4v) is 3.56. The van der Waals surface area contributed by atoms with Crippen molar-refractivity contribution in [2.24, 2.45) is 7.05 Å². The third kappa shape index (κ3) is 3.61. The van der Waals surface area contributed by atoms with E-state index in [0.717, 1.165) is 0 Å². The van der Waals surface area contributed by atoms with Crippen LogP contribution < -0.4 is 10.5 Å². The van der Waals surface area contributed by atoms with Gasteiger partial charge in [-0.15, -0.1) is 0 Å². The molecule has 104 valence electrons. The Morgan fingerprint density at radius 1 is 1.67 bits per heavy atom. The topological polar surface area (TPSA) is 110 Å². The molecule has 0 aromatic carbocycles. The van der Waals surface area contributed by atoms with Crippen LogP contribution in [0.2, 0.25) is 0 Å². The Morgan fingerprint density at radius 2 is 2.28 bits per heavy atom. The summed E-state index contributed by atoms with van der Waals surface area (Å²) in [6.07, 6.45) is 3.16. The maximum Gasteiger partial charge on any atom is 0.260 e. The number of aromatic nitrogens is 2. The second-order valence-corrected chi connectivity index (χ2v) is 6.85. The quantitative estimate of drug-likeness (QED) is 0.646. The van der Waals surface area contributed by atoms with Crippen LogP contribution in [0.15, 0.2) is 11.4 Å². The van der Waals surface area contributed by atoms with Crippen molar-refractivity contribution in [3.05, 3.63) is 6.33 Å². The van der Waals surface area contributed by atoms with E-state index in [9.17, 15) is 13.5 Å². The first-order valence-corrected chi connectivity index (χ1v) is 8.05. The second kappa shape index (κ2) is 5.47. The van der Waals surface area contributed by atoms with Gasteiger partial charge in [-0.3, -0.25) is 0 Å². The minimum atomic E-state index is -3.77. The molecule has 0 aliphatic carbocycles. The van der Waals surface area contributed by atoms with E-state index < -0.39 is 15.6 Å². The van der Waals surface area contributed by atoms with Crippen LogP contribution in [0.5, 0.6) is 0 Å². The van der Waals surface area contributed by atoms with Crippen LogP contribution in [-0.2, 0) is 17.1 Å². The predicted molar refractivity (Wildman–Crippen MR) is 71.8 cm³/mol. The molecule has 0 amide bonds. The van der Waals surface area contributed by atoms with E-state index in [4.69, 9.17) is 5.73 Å². The highest BCUT2D eigenvalue weighted by molar-refractivity contribution is 7.98. The lowest BCUT2D eigenvalue weighted by Gasteiger charge is -2.22. The summed E-state index contributed by atoms with van der Waals surface area (Å²) < 4.78 is 27.7. The molecule has 0 aliphatic rings. The third-order valence-corrected chi connectivity index (χ3v) is 4.70. The van der Waals surface area contributed by atoms with Crippen LogP contribution in [0.3, 0.4) is 0 Å². The largest absolute Gasteiger partial charge is 0.388 e. The molecule has 1 aromatic rings. The molecule has 7 nitrogen and oxygen atoms in total. The summed E-state index contributed by atoms with van der Waals surface area (Å²) in [5.74, 6) is 0.366. The molecule has 0 saturated carbocycles. The lowest BCUT2D eigenvalue weighted by Crippen LogP contribution is -2.42. The Labute approximate surface area is 111 Å². The van der Waals surface area contributed by atoms with Gasteiger partial charge in [0.15, 0.2) is 10.8 Å². The molecular formula is C9H18N4O3S2. The molecule has 4 N–H and O–H groups in total. The van der Waals surface area contributed by atoms with E-state index in [2.05, 4.69) is 9.71 Å². The summed E-state index contributed by atoms with van der Waals surface area (Å²) >= 11 is 1.44. The summed E-state index contributed by atoms with van der Waals surface area (Å²) in [6, 6.07) is 0. The SMILES string of the molecule is CSCC(C)(O)CNS(=O)(=O)c1c(N)ncn1C. The van der Waals surface area contributed by atoms with Gasteiger partial charge in [0.05, 0.1) is 11.9 Å². The molecule has 1 aromatic heterocycles. The van der Waals surface area contributed by atoms with Crippen molar-refractivity contribution >= 4 is 27.6 Å². The molecule has 1 rings (SSSR count). The highest BCUT2D eigenvalue weighted by Crippen LogP contribution is 2.16.